The molecule has 2 aromatic heterocycles. The van der Waals surface area contributed by atoms with Gasteiger partial charge in [0.25, 0.3) is 11.6 Å². The molecule has 0 saturated heterocycles. The van der Waals surface area contributed by atoms with E-state index in [-0.39, 0.29) is 17.6 Å². The fourth-order valence-electron chi connectivity index (χ4n) is 3.10. The number of fused-ring (bicyclic) bond motifs is 1. The van der Waals surface area contributed by atoms with Gasteiger partial charge in [0.2, 0.25) is 0 Å². The topological polar surface area (TPSA) is 46.3 Å². The fourth-order valence-corrected chi connectivity index (χ4v) is 3.10. The third kappa shape index (κ3) is 3.72. The van der Waals surface area contributed by atoms with E-state index in [0.717, 1.165) is 22.9 Å². The van der Waals surface area contributed by atoms with Crippen LogP contribution in [0.3, 0.4) is 0 Å². The summed E-state index contributed by atoms with van der Waals surface area (Å²) in [7, 11) is 0. The Hall–Kier alpha value is -2.71. The number of hydrogen-bond donors (Lipinski definition) is 0. The number of halogens is 4. The van der Waals surface area contributed by atoms with E-state index in [1.165, 1.54) is 12.1 Å². The molecule has 1 aliphatic rings. The molecule has 3 aromatic rings. The molecule has 0 N–H and O–H groups in total. The Bertz CT molecular complexity index is 978. The zero-order chi connectivity index (χ0) is 19.2. The van der Waals surface area contributed by atoms with Crippen LogP contribution in [0.5, 0.6) is 0 Å². The molecule has 0 bridgehead atoms. The van der Waals surface area contributed by atoms with E-state index in [9.17, 15) is 17.6 Å². The first-order valence-electron chi connectivity index (χ1n) is 8.64. The van der Waals surface area contributed by atoms with Crippen molar-refractivity contribution in [2.45, 2.75) is 38.4 Å². The smallest absolute Gasteiger partial charge is 0.353 e. The van der Waals surface area contributed by atoms with Crippen LogP contribution in [0.2, 0.25) is 0 Å². The zero-order valence-electron chi connectivity index (χ0n) is 14.5. The molecule has 4 rings (SSSR count). The van der Waals surface area contributed by atoms with Gasteiger partial charge in [-0.05, 0) is 43.9 Å². The second-order valence-corrected chi connectivity index (χ2v) is 6.71. The summed E-state index contributed by atoms with van der Waals surface area (Å²) in [6, 6.07) is 8.27. The maximum Gasteiger partial charge on any atom is 0.453 e. The summed E-state index contributed by atoms with van der Waals surface area (Å²) in [6.07, 6.45) is -2.16. The molecule has 0 unspecified atom stereocenters. The molecule has 1 aliphatic carbocycles. The maximum absolute atomic E-state index is 13.4. The standard InChI is InChI=1S/C18H17F4N5/c1-11-9-15(27-17(23-11)24-16(25-27)18(20,21)22)26(14-5-6-14)8-7-12-3-2-4-13(19)10-12/h2-4,9-10,14H,5-8H2,1H3. The molecule has 0 amide bonds. The van der Waals surface area contributed by atoms with Crippen molar-refractivity contribution in [3.05, 3.63) is 53.2 Å². The molecule has 1 aromatic carbocycles. The summed E-state index contributed by atoms with van der Waals surface area (Å²) in [6.45, 7) is 2.25. The third-order valence-corrected chi connectivity index (χ3v) is 4.49. The number of hydrogen-bond acceptors (Lipinski definition) is 4. The Labute approximate surface area is 152 Å². The van der Waals surface area contributed by atoms with E-state index in [1.54, 1.807) is 19.1 Å². The summed E-state index contributed by atoms with van der Waals surface area (Å²) in [5, 5.41) is 3.64. The number of aromatic nitrogens is 4. The normalized spacial score (nSPS) is 14.7. The molecular formula is C18H17F4N5. The Kier molecular flexibility index (Phi) is 4.24. The van der Waals surface area contributed by atoms with Gasteiger partial charge in [-0.2, -0.15) is 22.7 Å². The minimum atomic E-state index is -4.63. The molecule has 5 nitrogen and oxygen atoms in total. The Morgan fingerprint density at radius 1 is 1.19 bits per heavy atom. The second-order valence-electron chi connectivity index (χ2n) is 6.71. The first kappa shape index (κ1) is 17.7. The lowest BCUT2D eigenvalue weighted by Gasteiger charge is -2.25. The molecule has 0 radical (unpaired) electrons. The van der Waals surface area contributed by atoms with Crippen LogP contribution >= 0.6 is 0 Å². The van der Waals surface area contributed by atoms with Crippen LogP contribution in [0.4, 0.5) is 23.4 Å². The van der Waals surface area contributed by atoms with Crippen molar-refractivity contribution in [2.75, 3.05) is 11.4 Å². The Balaban J connectivity index is 1.70. The van der Waals surface area contributed by atoms with Crippen LogP contribution in [0.15, 0.2) is 30.3 Å². The van der Waals surface area contributed by atoms with Crippen LogP contribution in [0.25, 0.3) is 5.78 Å². The van der Waals surface area contributed by atoms with Gasteiger partial charge in [0, 0.05) is 24.3 Å². The van der Waals surface area contributed by atoms with Gasteiger partial charge in [0.1, 0.15) is 11.6 Å². The summed E-state index contributed by atoms with van der Waals surface area (Å²) in [5.74, 6) is -1.06. The van der Waals surface area contributed by atoms with Crippen LogP contribution in [0, 0.1) is 12.7 Å². The Morgan fingerprint density at radius 3 is 2.63 bits per heavy atom. The molecule has 0 spiro atoms. The van der Waals surface area contributed by atoms with Gasteiger partial charge < -0.3 is 4.90 Å². The highest BCUT2D eigenvalue weighted by Crippen LogP contribution is 2.33. The lowest BCUT2D eigenvalue weighted by atomic mass is 10.1. The number of alkyl halides is 3. The number of aryl methyl sites for hydroxylation is 1. The number of nitrogens with zero attached hydrogens (tertiary/aromatic N) is 5. The second kappa shape index (κ2) is 6.47. The lowest BCUT2D eigenvalue weighted by Crippen LogP contribution is -2.30. The number of benzene rings is 1. The predicted octanol–water partition coefficient (Wildman–Crippen LogP) is 3.80. The molecule has 0 atom stereocenters. The van der Waals surface area contributed by atoms with Gasteiger partial charge in [-0.3, -0.25) is 0 Å². The molecule has 2 heterocycles. The van der Waals surface area contributed by atoms with E-state index in [2.05, 4.69) is 15.1 Å². The first-order valence-corrected chi connectivity index (χ1v) is 8.64. The van der Waals surface area contributed by atoms with E-state index in [1.807, 2.05) is 11.0 Å². The highest BCUT2D eigenvalue weighted by atomic mass is 19.4. The van der Waals surface area contributed by atoms with Crippen LogP contribution < -0.4 is 4.90 Å². The van der Waals surface area contributed by atoms with Crippen molar-refractivity contribution in [1.29, 1.82) is 0 Å². The number of rotatable bonds is 5. The van der Waals surface area contributed by atoms with Crippen molar-refractivity contribution in [3.8, 4) is 0 Å². The highest BCUT2D eigenvalue weighted by molar-refractivity contribution is 5.49. The third-order valence-electron chi connectivity index (χ3n) is 4.49. The van der Waals surface area contributed by atoms with E-state index in [4.69, 9.17) is 0 Å². The van der Waals surface area contributed by atoms with E-state index in [0.29, 0.717) is 24.5 Å². The monoisotopic (exact) mass is 379 g/mol. The SMILES string of the molecule is Cc1cc(N(CCc2cccc(F)c2)C2CC2)n2nc(C(F)(F)F)nc2n1. The molecule has 1 saturated carbocycles. The summed E-state index contributed by atoms with van der Waals surface area (Å²) in [5.41, 5.74) is 1.40. The molecule has 142 valence electrons. The lowest BCUT2D eigenvalue weighted by molar-refractivity contribution is -0.144. The molecular weight excluding hydrogens is 362 g/mol. The summed E-state index contributed by atoms with van der Waals surface area (Å²) in [4.78, 5) is 9.63. The van der Waals surface area contributed by atoms with Crippen molar-refractivity contribution < 1.29 is 17.6 Å². The van der Waals surface area contributed by atoms with Crippen LogP contribution in [-0.4, -0.2) is 32.2 Å². The van der Waals surface area contributed by atoms with Gasteiger partial charge >= 0.3 is 6.18 Å². The van der Waals surface area contributed by atoms with Crippen LogP contribution in [0.1, 0.15) is 29.9 Å². The molecule has 1 fully saturated rings. The Morgan fingerprint density at radius 2 is 1.96 bits per heavy atom. The van der Waals surface area contributed by atoms with Crippen molar-refractivity contribution in [1.82, 2.24) is 19.6 Å². The minimum Gasteiger partial charge on any atom is -0.353 e. The van der Waals surface area contributed by atoms with Gasteiger partial charge in [-0.25, -0.2) is 9.37 Å². The highest BCUT2D eigenvalue weighted by Gasteiger charge is 2.38. The molecule has 27 heavy (non-hydrogen) atoms. The van der Waals surface area contributed by atoms with Crippen molar-refractivity contribution in [3.63, 3.8) is 0 Å². The van der Waals surface area contributed by atoms with Gasteiger partial charge in [0.15, 0.2) is 0 Å². The summed E-state index contributed by atoms with van der Waals surface area (Å²) >= 11 is 0. The van der Waals surface area contributed by atoms with Crippen LogP contribution in [-0.2, 0) is 12.6 Å². The predicted molar refractivity (Wildman–Crippen MR) is 91.0 cm³/mol. The van der Waals surface area contributed by atoms with Gasteiger partial charge in [0.05, 0.1) is 0 Å². The van der Waals surface area contributed by atoms with E-state index < -0.39 is 12.0 Å². The molecule has 0 aliphatic heterocycles. The first-order chi connectivity index (χ1) is 12.8. The van der Waals surface area contributed by atoms with Crippen molar-refractivity contribution in [2.24, 2.45) is 0 Å². The maximum atomic E-state index is 13.4. The number of anilines is 1. The van der Waals surface area contributed by atoms with Gasteiger partial charge in [-0.15, -0.1) is 5.10 Å². The molecule has 9 heteroatoms. The summed E-state index contributed by atoms with van der Waals surface area (Å²) < 4.78 is 53.6. The van der Waals surface area contributed by atoms with Crippen molar-refractivity contribution >= 4 is 11.6 Å². The average molecular weight is 379 g/mol. The quantitative estimate of drug-likeness (QED) is 0.633. The average Bonchev–Trinajstić information content (AvgIpc) is 3.32. The minimum absolute atomic E-state index is 0.0752. The van der Waals surface area contributed by atoms with Gasteiger partial charge in [-0.1, -0.05) is 12.1 Å². The fraction of sp³-hybridized carbons (Fsp3) is 0.389. The largest absolute Gasteiger partial charge is 0.453 e. The zero-order valence-corrected chi connectivity index (χ0v) is 14.5. The van der Waals surface area contributed by atoms with E-state index >= 15 is 0 Å².